The Balaban J connectivity index is 1.90. The van der Waals surface area contributed by atoms with Crippen molar-refractivity contribution >= 4 is 28.7 Å². The maximum atomic E-state index is 13.5. The van der Waals surface area contributed by atoms with Crippen molar-refractivity contribution in [2.75, 3.05) is 5.32 Å². The Morgan fingerprint density at radius 2 is 1.78 bits per heavy atom. The molecular weight excluding hydrogens is 318 g/mol. The minimum Gasteiger partial charge on any atom is -0.329 e. The van der Waals surface area contributed by atoms with Gasteiger partial charge >= 0.3 is 0 Å². The van der Waals surface area contributed by atoms with E-state index in [0.29, 0.717) is 11.3 Å². The molecule has 0 fully saturated rings. The van der Waals surface area contributed by atoms with Crippen LogP contribution >= 0.6 is 12.2 Å². The molecule has 0 spiro atoms. The summed E-state index contributed by atoms with van der Waals surface area (Å²) in [6.45, 7) is 3.82. The molecule has 7 heteroatoms. The number of rotatable bonds is 4. The average molecular weight is 330 g/mol. The van der Waals surface area contributed by atoms with Gasteiger partial charge in [-0.3, -0.25) is 10.9 Å². The normalized spacial score (nSPS) is 9.61. The Bertz CT molecular complexity index is 782. The van der Waals surface area contributed by atoms with Gasteiger partial charge in [0, 0.05) is 6.07 Å². The molecule has 2 aromatic carbocycles. The van der Waals surface area contributed by atoms with Gasteiger partial charge in [-0.25, -0.2) is 8.78 Å². The number of nitriles is 1. The van der Waals surface area contributed by atoms with Crippen LogP contribution in [0.4, 0.5) is 14.5 Å². The highest BCUT2D eigenvalue weighted by molar-refractivity contribution is 7.80. The van der Waals surface area contributed by atoms with E-state index in [2.05, 4.69) is 22.7 Å². The van der Waals surface area contributed by atoms with Crippen molar-refractivity contribution in [1.82, 2.24) is 10.9 Å². The van der Waals surface area contributed by atoms with Gasteiger partial charge in [0.05, 0.1) is 23.0 Å². The molecule has 4 nitrogen and oxygen atoms in total. The summed E-state index contributed by atoms with van der Waals surface area (Å²) in [5.74, 6) is -1.42. The van der Waals surface area contributed by atoms with E-state index >= 15 is 0 Å². The van der Waals surface area contributed by atoms with Gasteiger partial charge in [-0.2, -0.15) is 5.26 Å². The van der Waals surface area contributed by atoms with Gasteiger partial charge in [0.25, 0.3) is 0 Å². The number of hydrazine groups is 1. The molecule has 116 valence electrons. The summed E-state index contributed by atoms with van der Waals surface area (Å²) in [6.07, 6.45) is 0. The summed E-state index contributed by atoms with van der Waals surface area (Å²) in [4.78, 5) is 0. The average Bonchev–Trinajstić information content (AvgIpc) is 2.55. The molecule has 0 saturated heterocycles. The molecule has 0 aliphatic heterocycles. The molecule has 0 radical (unpaired) electrons. The lowest BCUT2D eigenvalue weighted by Gasteiger charge is -2.14. The fraction of sp³-hybridized carbons (Fsp3) is 0. The van der Waals surface area contributed by atoms with Gasteiger partial charge < -0.3 is 5.32 Å². The van der Waals surface area contributed by atoms with E-state index in [-0.39, 0.29) is 10.8 Å². The standard InChI is InChI=1S/C16H12F2N4S/c1-10(12-4-2-11(9-19)3-5-12)21-22-16(23)20-15-7-6-13(17)8-14(15)18/h2-8,21H,1H2,(H2,20,22,23). The first-order valence-electron chi connectivity index (χ1n) is 6.47. The minimum atomic E-state index is -0.750. The SMILES string of the molecule is C=C(NNC(=S)Nc1ccc(F)cc1F)c1ccc(C#N)cc1. The van der Waals surface area contributed by atoms with Crippen LogP contribution in [0.3, 0.4) is 0 Å². The summed E-state index contributed by atoms with van der Waals surface area (Å²) in [5.41, 5.74) is 7.26. The number of nitrogens with one attached hydrogen (secondary N) is 3. The van der Waals surface area contributed by atoms with Crippen molar-refractivity contribution in [2.45, 2.75) is 0 Å². The highest BCUT2D eigenvalue weighted by Gasteiger charge is 2.06. The van der Waals surface area contributed by atoms with Crippen molar-refractivity contribution in [3.63, 3.8) is 0 Å². The lowest BCUT2D eigenvalue weighted by Crippen LogP contribution is -2.39. The monoisotopic (exact) mass is 330 g/mol. The van der Waals surface area contributed by atoms with Crippen LogP contribution in [0.15, 0.2) is 49.0 Å². The molecule has 23 heavy (non-hydrogen) atoms. The molecule has 0 saturated carbocycles. The number of thiocarbonyl (C=S) groups is 1. The highest BCUT2D eigenvalue weighted by atomic mass is 32.1. The summed E-state index contributed by atoms with van der Waals surface area (Å²) >= 11 is 5.01. The van der Waals surface area contributed by atoms with E-state index in [1.807, 2.05) is 6.07 Å². The second kappa shape index (κ2) is 7.33. The molecule has 0 bridgehead atoms. The molecule has 0 aromatic heterocycles. The molecule has 2 aromatic rings. The third-order valence-electron chi connectivity index (χ3n) is 2.87. The fourth-order valence-electron chi connectivity index (χ4n) is 1.69. The zero-order valence-electron chi connectivity index (χ0n) is 11.9. The second-order valence-electron chi connectivity index (χ2n) is 4.50. The van der Waals surface area contributed by atoms with Gasteiger partial charge in [0.1, 0.15) is 11.6 Å². The summed E-state index contributed by atoms with van der Waals surface area (Å²) in [7, 11) is 0. The summed E-state index contributed by atoms with van der Waals surface area (Å²) in [5, 5.41) is 11.4. The number of hydrogen-bond acceptors (Lipinski definition) is 3. The third-order valence-corrected chi connectivity index (χ3v) is 3.07. The van der Waals surface area contributed by atoms with E-state index in [1.54, 1.807) is 24.3 Å². The first-order valence-corrected chi connectivity index (χ1v) is 6.88. The van der Waals surface area contributed by atoms with Crippen LogP contribution < -0.4 is 16.2 Å². The molecule has 0 heterocycles. The fourth-order valence-corrected chi connectivity index (χ4v) is 1.86. The van der Waals surface area contributed by atoms with Crippen molar-refractivity contribution in [2.24, 2.45) is 0 Å². The van der Waals surface area contributed by atoms with E-state index in [1.165, 1.54) is 6.07 Å². The van der Waals surface area contributed by atoms with Gasteiger partial charge in [-0.15, -0.1) is 0 Å². The number of hydrogen-bond donors (Lipinski definition) is 3. The van der Waals surface area contributed by atoms with Gasteiger partial charge in [0.2, 0.25) is 0 Å². The Hall–Kier alpha value is -2.98. The lowest BCUT2D eigenvalue weighted by molar-refractivity contribution is 0.586. The van der Waals surface area contributed by atoms with Crippen LogP contribution in [-0.2, 0) is 0 Å². The number of nitrogens with zero attached hydrogens (tertiary/aromatic N) is 1. The van der Waals surface area contributed by atoms with E-state index in [9.17, 15) is 8.78 Å². The highest BCUT2D eigenvalue weighted by Crippen LogP contribution is 2.14. The predicted molar refractivity (Wildman–Crippen MR) is 89.0 cm³/mol. The molecular formula is C16H12F2N4S. The number of anilines is 1. The molecule has 0 aliphatic rings. The molecule has 0 atom stereocenters. The molecule has 0 unspecified atom stereocenters. The van der Waals surface area contributed by atoms with Crippen LogP contribution in [-0.4, -0.2) is 5.11 Å². The maximum absolute atomic E-state index is 13.5. The first kappa shape index (κ1) is 16.4. The third kappa shape index (κ3) is 4.49. The number of benzene rings is 2. The smallest absolute Gasteiger partial charge is 0.189 e. The van der Waals surface area contributed by atoms with Crippen molar-refractivity contribution in [1.29, 1.82) is 5.26 Å². The topological polar surface area (TPSA) is 59.9 Å². The summed E-state index contributed by atoms with van der Waals surface area (Å²) < 4.78 is 26.3. The maximum Gasteiger partial charge on any atom is 0.189 e. The Morgan fingerprint density at radius 3 is 2.39 bits per heavy atom. The van der Waals surface area contributed by atoms with Crippen molar-refractivity contribution < 1.29 is 8.78 Å². The van der Waals surface area contributed by atoms with Crippen LogP contribution in [0.5, 0.6) is 0 Å². The zero-order chi connectivity index (χ0) is 16.8. The Labute approximate surface area is 137 Å². The van der Waals surface area contributed by atoms with Crippen molar-refractivity contribution in [3.05, 3.63) is 71.8 Å². The molecule has 2 rings (SSSR count). The predicted octanol–water partition coefficient (Wildman–Crippen LogP) is 3.30. The Morgan fingerprint density at radius 1 is 1.09 bits per heavy atom. The molecule has 0 amide bonds. The first-order chi connectivity index (χ1) is 11.0. The van der Waals surface area contributed by atoms with Crippen LogP contribution in [0, 0.1) is 23.0 Å². The number of halogens is 2. The van der Waals surface area contributed by atoms with Gasteiger partial charge in [-0.05, 0) is 42.0 Å². The lowest BCUT2D eigenvalue weighted by atomic mass is 10.1. The molecule has 3 N–H and O–H groups in total. The van der Waals surface area contributed by atoms with E-state index < -0.39 is 11.6 Å². The van der Waals surface area contributed by atoms with Crippen LogP contribution in [0.2, 0.25) is 0 Å². The van der Waals surface area contributed by atoms with Gasteiger partial charge in [-0.1, -0.05) is 18.7 Å². The largest absolute Gasteiger partial charge is 0.329 e. The van der Waals surface area contributed by atoms with E-state index in [4.69, 9.17) is 17.5 Å². The second-order valence-corrected chi connectivity index (χ2v) is 4.90. The molecule has 0 aliphatic carbocycles. The van der Waals surface area contributed by atoms with Crippen LogP contribution in [0.25, 0.3) is 5.70 Å². The quantitative estimate of drug-likeness (QED) is 0.593. The summed E-state index contributed by atoms with van der Waals surface area (Å²) in [6, 6.07) is 11.9. The van der Waals surface area contributed by atoms with E-state index in [0.717, 1.165) is 17.7 Å². The minimum absolute atomic E-state index is 0.0506. The van der Waals surface area contributed by atoms with Crippen LogP contribution in [0.1, 0.15) is 11.1 Å². The van der Waals surface area contributed by atoms with Crippen molar-refractivity contribution in [3.8, 4) is 6.07 Å². The van der Waals surface area contributed by atoms with Gasteiger partial charge in [0.15, 0.2) is 5.11 Å². The Kier molecular flexibility index (Phi) is 5.23. The zero-order valence-corrected chi connectivity index (χ0v) is 12.7.